The lowest BCUT2D eigenvalue weighted by Crippen LogP contribution is -2.47. The van der Waals surface area contributed by atoms with Gasteiger partial charge in [-0.3, -0.25) is 0 Å². The summed E-state index contributed by atoms with van der Waals surface area (Å²) in [6.07, 6.45) is 8.34. The van der Waals surface area contributed by atoms with Crippen molar-refractivity contribution in [2.45, 2.75) is 45.4 Å². The van der Waals surface area contributed by atoms with Crippen LogP contribution in [0.4, 0.5) is 0 Å². The molecule has 0 atom stereocenters. The molecule has 0 bridgehead atoms. The average Bonchev–Trinajstić information content (AvgIpc) is 2.42. The molecular formula is C17H35N3. The SMILES string of the molecule is CCCC1(CN2CCC(CN(C)C)CC2)CCNCC1. The first kappa shape index (κ1) is 16.3. The molecule has 0 saturated carbocycles. The number of piperidine rings is 2. The van der Waals surface area contributed by atoms with Crippen molar-refractivity contribution in [1.29, 1.82) is 0 Å². The first-order chi connectivity index (χ1) is 9.63. The second-order valence-corrected chi connectivity index (χ2v) is 7.48. The zero-order valence-corrected chi connectivity index (χ0v) is 14.0. The third-order valence-corrected chi connectivity index (χ3v) is 5.33. The minimum absolute atomic E-state index is 0.619. The van der Waals surface area contributed by atoms with E-state index in [-0.39, 0.29) is 0 Å². The Bertz CT molecular complexity index is 258. The Balaban J connectivity index is 1.80. The van der Waals surface area contributed by atoms with E-state index < -0.39 is 0 Å². The molecule has 0 unspecified atom stereocenters. The molecule has 0 radical (unpaired) electrons. The first-order valence-corrected chi connectivity index (χ1v) is 8.71. The van der Waals surface area contributed by atoms with E-state index in [1.807, 2.05) is 0 Å². The highest BCUT2D eigenvalue weighted by atomic mass is 15.1. The van der Waals surface area contributed by atoms with Crippen LogP contribution in [-0.2, 0) is 0 Å². The second kappa shape index (κ2) is 7.77. The molecule has 20 heavy (non-hydrogen) atoms. The Labute approximate surface area is 126 Å². The summed E-state index contributed by atoms with van der Waals surface area (Å²) in [5.74, 6) is 0.927. The summed E-state index contributed by atoms with van der Waals surface area (Å²) in [6.45, 7) is 10.1. The monoisotopic (exact) mass is 281 g/mol. The maximum Gasteiger partial charge on any atom is 0.00389 e. The topological polar surface area (TPSA) is 18.5 Å². The van der Waals surface area contributed by atoms with E-state index in [2.05, 4.69) is 36.1 Å². The van der Waals surface area contributed by atoms with Gasteiger partial charge < -0.3 is 15.1 Å². The lowest BCUT2D eigenvalue weighted by atomic mass is 9.74. The summed E-state index contributed by atoms with van der Waals surface area (Å²) in [4.78, 5) is 5.12. The Morgan fingerprint density at radius 1 is 1.15 bits per heavy atom. The van der Waals surface area contributed by atoms with Crippen LogP contribution in [0.1, 0.15) is 45.4 Å². The van der Waals surface area contributed by atoms with E-state index in [0.29, 0.717) is 5.41 Å². The number of nitrogens with zero attached hydrogens (tertiary/aromatic N) is 2. The van der Waals surface area contributed by atoms with Gasteiger partial charge in [-0.05, 0) is 83.7 Å². The Kier molecular flexibility index (Phi) is 6.31. The molecule has 0 aromatic carbocycles. The molecule has 0 aromatic rings. The number of hydrogen-bond donors (Lipinski definition) is 1. The second-order valence-electron chi connectivity index (χ2n) is 7.48. The molecule has 3 heteroatoms. The molecular weight excluding hydrogens is 246 g/mol. The molecule has 0 aromatic heterocycles. The molecule has 0 spiro atoms. The lowest BCUT2D eigenvalue weighted by molar-refractivity contribution is 0.0721. The maximum atomic E-state index is 3.54. The van der Waals surface area contributed by atoms with E-state index in [4.69, 9.17) is 0 Å². The Morgan fingerprint density at radius 2 is 1.80 bits per heavy atom. The van der Waals surface area contributed by atoms with Gasteiger partial charge in [0.15, 0.2) is 0 Å². The van der Waals surface area contributed by atoms with Crippen LogP contribution in [0.5, 0.6) is 0 Å². The van der Waals surface area contributed by atoms with Crippen molar-refractivity contribution in [2.75, 3.05) is 53.4 Å². The van der Waals surface area contributed by atoms with Gasteiger partial charge in [-0.1, -0.05) is 13.3 Å². The Hall–Kier alpha value is -0.120. The highest BCUT2D eigenvalue weighted by Crippen LogP contribution is 2.36. The van der Waals surface area contributed by atoms with Gasteiger partial charge in [0.2, 0.25) is 0 Å². The summed E-state index contributed by atoms with van der Waals surface area (Å²) in [7, 11) is 4.41. The van der Waals surface area contributed by atoms with Gasteiger partial charge in [-0.25, -0.2) is 0 Å². The van der Waals surface area contributed by atoms with Gasteiger partial charge in [0.25, 0.3) is 0 Å². The molecule has 0 aliphatic carbocycles. The number of likely N-dealkylation sites (tertiary alicyclic amines) is 1. The van der Waals surface area contributed by atoms with Gasteiger partial charge in [-0.15, -0.1) is 0 Å². The van der Waals surface area contributed by atoms with Crippen LogP contribution < -0.4 is 5.32 Å². The smallest absolute Gasteiger partial charge is 0.00389 e. The van der Waals surface area contributed by atoms with Crippen LogP contribution in [0.2, 0.25) is 0 Å². The normalized spacial score (nSPS) is 25.2. The van der Waals surface area contributed by atoms with Gasteiger partial charge in [0.1, 0.15) is 0 Å². The van der Waals surface area contributed by atoms with Gasteiger partial charge in [0.05, 0.1) is 0 Å². The summed E-state index contributed by atoms with van der Waals surface area (Å²) >= 11 is 0. The van der Waals surface area contributed by atoms with Crippen LogP contribution >= 0.6 is 0 Å². The zero-order valence-electron chi connectivity index (χ0n) is 14.0. The van der Waals surface area contributed by atoms with E-state index in [1.165, 1.54) is 77.8 Å². The van der Waals surface area contributed by atoms with Gasteiger partial charge in [0, 0.05) is 13.1 Å². The van der Waals surface area contributed by atoms with Crippen molar-refractivity contribution in [3.05, 3.63) is 0 Å². The molecule has 2 aliphatic rings. The number of rotatable bonds is 6. The Morgan fingerprint density at radius 3 is 2.35 bits per heavy atom. The summed E-state index contributed by atoms with van der Waals surface area (Å²) in [5.41, 5.74) is 0.619. The predicted octanol–water partition coefficient (Wildman–Crippen LogP) is 2.43. The quantitative estimate of drug-likeness (QED) is 0.807. The third-order valence-electron chi connectivity index (χ3n) is 5.33. The van der Waals surface area contributed by atoms with E-state index in [1.54, 1.807) is 0 Å². The largest absolute Gasteiger partial charge is 0.317 e. The third kappa shape index (κ3) is 4.71. The number of nitrogens with one attached hydrogen (secondary N) is 1. The average molecular weight is 281 g/mol. The fourth-order valence-electron chi connectivity index (χ4n) is 4.29. The fraction of sp³-hybridized carbons (Fsp3) is 1.00. The minimum atomic E-state index is 0.619. The van der Waals surface area contributed by atoms with E-state index in [9.17, 15) is 0 Å². The standard InChI is InChI=1S/C17H35N3/c1-4-7-17(8-10-18-11-9-17)15-20-12-5-16(6-13-20)14-19(2)3/h16,18H,4-15H2,1-3H3. The summed E-state index contributed by atoms with van der Waals surface area (Å²) < 4.78 is 0. The lowest BCUT2D eigenvalue weighted by Gasteiger charge is -2.43. The first-order valence-electron chi connectivity index (χ1n) is 8.71. The van der Waals surface area contributed by atoms with Crippen LogP contribution in [0, 0.1) is 11.3 Å². The maximum absolute atomic E-state index is 3.54. The van der Waals surface area contributed by atoms with Crippen molar-refractivity contribution in [1.82, 2.24) is 15.1 Å². The number of hydrogen-bond acceptors (Lipinski definition) is 3. The van der Waals surface area contributed by atoms with Crippen molar-refractivity contribution in [3.8, 4) is 0 Å². The van der Waals surface area contributed by atoms with Crippen molar-refractivity contribution >= 4 is 0 Å². The van der Waals surface area contributed by atoms with Crippen LogP contribution in [0.25, 0.3) is 0 Å². The summed E-state index contributed by atoms with van der Waals surface area (Å²) in [5, 5.41) is 3.54. The van der Waals surface area contributed by atoms with Crippen LogP contribution in [0.3, 0.4) is 0 Å². The van der Waals surface area contributed by atoms with Crippen LogP contribution in [-0.4, -0.2) is 63.2 Å². The van der Waals surface area contributed by atoms with Gasteiger partial charge >= 0.3 is 0 Å². The summed E-state index contributed by atoms with van der Waals surface area (Å²) in [6, 6.07) is 0. The molecule has 3 nitrogen and oxygen atoms in total. The van der Waals surface area contributed by atoms with E-state index in [0.717, 1.165) is 5.92 Å². The molecule has 0 amide bonds. The highest BCUT2D eigenvalue weighted by Gasteiger charge is 2.34. The fourth-order valence-corrected chi connectivity index (χ4v) is 4.29. The molecule has 2 fully saturated rings. The van der Waals surface area contributed by atoms with Crippen molar-refractivity contribution in [2.24, 2.45) is 11.3 Å². The highest BCUT2D eigenvalue weighted by molar-refractivity contribution is 4.88. The predicted molar refractivity (Wildman–Crippen MR) is 87.2 cm³/mol. The van der Waals surface area contributed by atoms with Crippen LogP contribution in [0.15, 0.2) is 0 Å². The molecule has 2 heterocycles. The molecule has 2 aliphatic heterocycles. The molecule has 2 saturated heterocycles. The molecule has 2 rings (SSSR count). The van der Waals surface area contributed by atoms with Crippen molar-refractivity contribution in [3.63, 3.8) is 0 Å². The van der Waals surface area contributed by atoms with E-state index >= 15 is 0 Å². The molecule has 118 valence electrons. The van der Waals surface area contributed by atoms with Gasteiger partial charge in [-0.2, -0.15) is 0 Å². The molecule has 1 N–H and O–H groups in total. The minimum Gasteiger partial charge on any atom is -0.317 e. The van der Waals surface area contributed by atoms with Crippen molar-refractivity contribution < 1.29 is 0 Å². The zero-order chi connectivity index (χ0) is 14.4.